The van der Waals surface area contributed by atoms with Crippen molar-refractivity contribution in [3.8, 4) is 11.1 Å². The van der Waals surface area contributed by atoms with Gasteiger partial charge in [0.25, 0.3) is 0 Å². The summed E-state index contributed by atoms with van der Waals surface area (Å²) in [5.74, 6) is -0.0829. The fourth-order valence-electron chi connectivity index (χ4n) is 5.02. The lowest BCUT2D eigenvalue weighted by Crippen LogP contribution is -2.44. The van der Waals surface area contributed by atoms with Crippen LogP contribution in [0.4, 0.5) is 9.18 Å². The zero-order chi connectivity index (χ0) is 25.6. The van der Waals surface area contributed by atoms with E-state index >= 15 is 4.39 Å². The Bertz CT molecular complexity index is 1030. The van der Waals surface area contributed by atoms with Crippen molar-refractivity contribution in [2.24, 2.45) is 5.92 Å². The number of benzene rings is 2. The lowest BCUT2D eigenvalue weighted by atomic mass is 9.76. The molecule has 1 N–H and O–H groups in total. The Hall–Kier alpha value is -2.89. The predicted molar refractivity (Wildman–Crippen MR) is 138 cm³/mol. The van der Waals surface area contributed by atoms with Crippen molar-refractivity contribution >= 4 is 12.0 Å². The van der Waals surface area contributed by atoms with Crippen LogP contribution in [-0.2, 0) is 9.53 Å². The predicted octanol–water partition coefficient (Wildman–Crippen LogP) is 6.45. The number of rotatable bonds is 7. The molecule has 0 bridgehead atoms. The lowest BCUT2D eigenvalue weighted by Gasteiger charge is -2.38. The van der Waals surface area contributed by atoms with E-state index in [9.17, 15) is 9.59 Å². The second kappa shape index (κ2) is 11.7. The molecule has 3 rings (SSSR count). The number of hydrogen-bond acceptors (Lipinski definition) is 3. The molecule has 5 nitrogen and oxygen atoms in total. The summed E-state index contributed by atoms with van der Waals surface area (Å²) in [5, 5.41) is 2.88. The van der Waals surface area contributed by atoms with Crippen molar-refractivity contribution < 1.29 is 18.7 Å². The maximum Gasteiger partial charge on any atom is 0.410 e. The van der Waals surface area contributed by atoms with Gasteiger partial charge in [-0.3, -0.25) is 4.79 Å². The van der Waals surface area contributed by atoms with E-state index < -0.39 is 5.60 Å². The van der Waals surface area contributed by atoms with Gasteiger partial charge in [-0.05, 0) is 82.4 Å². The van der Waals surface area contributed by atoms with E-state index in [0.29, 0.717) is 25.2 Å². The second-order valence-corrected chi connectivity index (χ2v) is 10.6. The lowest BCUT2D eigenvalue weighted by molar-refractivity contribution is -0.118. The molecule has 0 aliphatic carbocycles. The number of carbonyl (C=O) groups excluding carboxylic acids is 2. The summed E-state index contributed by atoms with van der Waals surface area (Å²) in [6, 6.07) is 13.3. The highest BCUT2D eigenvalue weighted by atomic mass is 19.1. The molecule has 0 unspecified atom stereocenters. The molecule has 0 radical (unpaired) electrons. The summed E-state index contributed by atoms with van der Waals surface area (Å²) < 4.78 is 21.0. The first-order chi connectivity index (χ1) is 16.5. The SMILES string of the molecule is CC(=O)NCCC[C@@H](c1cccc(F)c1-c1cccc(C)c1)[C@@H]1CCCN(C(=O)OC(C)(C)C)C1. The molecule has 2 atom stereocenters. The molecule has 1 heterocycles. The van der Waals surface area contributed by atoms with Gasteiger partial charge in [0.15, 0.2) is 0 Å². The fraction of sp³-hybridized carbons (Fsp3) is 0.517. The minimum absolute atomic E-state index is 0.0419. The van der Waals surface area contributed by atoms with E-state index in [1.54, 1.807) is 11.0 Å². The van der Waals surface area contributed by atoms with Crippen LogP contribution in [0.3, 0.4) is 0 Å². The molecule has 35 heavy (non-hydrogen) atoms. The quantitative estimate of drug-likeness (QED) is 0.462. The number of amides is 2. The van der Waals surface area contributed by atoms with Crippen molar-refractivity contribution in [1.82, 2.24) is 10.2 Å². The van der Waals surface area contributed by atoms with Gasteiger partial charge in [0.2, 0.25) is 5.91 Å². The molecule has 1 aliphatic rings. The Balaban J connectivity index is 1.94. The molecule has 0 aromatic heterocycles. The van der Waals surface area contributed by atoms with Crippen LogP contribution in [0.25, 0.3) is 11.1 Å². The molecule has 1 fully saturated rings. The van der Waals surface area contributed by atoms with Crippen molar-refractivity contribution in [2.45, 2.75) is 71.8 Å². The Kier molecular flexibility index (Phi) is 8.92. The number of likely N-dealkylation sites (tertiary alicyclic amines) is 1. The van der Waals surface area contributed by atoms with E-state index in [1.165, 1.54) is 13.0 Å². The largest absolute Gasteiger partial charge is 0.444 e. The highest BCUT2D eigenvalue weighted by Gasteiger charge is 2.33. The van der Waals surface area contributed by atoms with E-state index in [0.717, 1.165) is 42.4 Å². The Morgan fingerprint density at radius 3 is 2.63 bits per heavy atom. The first-order valence-electron chi connectivity index (χ1n) is 12.6. The number of piperidine rings is 1. The zero-order valence-corrected chi connectivity index (χ0v) is 21.7. The van der Waals surface area contributed by atoms with Crippen LogP contribution in [-0.4, -0.2) is 42.1 Å². The molecule has 6 heteroatoms. The molecular formula is C29H39FN2O3. The van der Waals surface area contributed by atoms with Crippen LogP contribution in [0.2, 0.25) is 0 Å². The van der Waals surface area contributed by atoms with Crippen molar-refractivity contribution in [2.75, 3.05) is 19.6 Å². The molecule has 190 valence electrons. The van der Waals surface area contributed by atoms with Gasteiger partial charge in [0, 0.05) is 32.1 Å². The first kappa shape index (κ1) is 26.7. The zero-order valence-electron chi connectivity index (χ0n) is 21.7. The molecular weight excluding hydrogens is 443 g/mol. The standard InChI is InChI=1S/C29H39FN2O3/c1-20-10-6-11-22(18-20)27-25(13-7-15-26(27)30)24(14-8-16-31-21(2)33)23-12-9-17-32(19-23)28(34)35-29(3,4)5/h6-7,10-11,13,15,18,23-24H,8-9,12,14,16-17,19H2,1-5H3,(H,31,33)/t23-,24-/m1/s1. The minimum atomic E-state index is -0.553. The summed E-state index contributed by atoms with van der Waals surface area (Å²) >= 11 is 0. The highest BCUT2D eigenvalue weighted by molar-refractivity contribution is 5.72. The Morgan fingerprint density at radius 1 is 1.20 bits per heavy atom. The van der Waals surface area contributed by atoms with Gasteiger partial charge in [-0.2, -0.15) is 0 Å². The number of aryl methyl sites for hydroxylation is 1. The third-order valence-corrected chi connectivity index (χ3v) is 6.50. The summed E-state index contributed by atoms with van der Waals surface area (Å²) in [7, 11) is 0. The molecule has 2 amide bonds. The maximum atomic E-state index is 15.3. The van der Waals surface area contributed by atoms with Crippen molar-refractivity contribution in [3.05, 3.63) is 59.4 Å². The number of nitrogens with zero attached hydrogens (tertiary/aromatic N) is 1. The van der Waals surface area contributed by atoms with Gasteiger partial charge >= 0.3 is 6.09 Å². The number of nitrogens with one attached hydrogen (secondary N) is 1. The second-order valence-electron chi connectivity index (χ2n) is 10.6. The maximum absolute atomic E-state index is 15.3. The fourth-order valence-corrected chi connectivity index (χ4v) is 5.02. The van der Waals surface area contributed by atoms with Gasteiger partial charge < -0.3 is 15.0 Å². The summed E-state index contributed by atoms with van der Waals surface area (Å²) in [4.78, 5) is 26.0. The highest BCUT2D eigenvalue weighted by Crippen LogP contribution is 2.41. The van der Waals surface area contributed by atoms with Crippen LogP contribution < -0.4 is 5.32 Å². The van der Waals surface area contributed by atoms with Crippen LogP contribution in [0.5, 0.6) is 0 Å². The van der Waals surface area contributed by atoms with Gasteiger partial charge in [-0.15, -0.1) is 0 Å². The summed E-state index contributed by atoms with van der Waals surface area (Å²) in [6.07, 6.45) is 3.10. The van der Waals surface area contributed by atoms with Crippen LogP contribution in [0, 0.1) is 18.7 Å². The average Bonchev–Trinajstić information content (AvgIpc) is 2.78. The normalized spacial score (nSPS) is 17.1. The Morgan fingerprint density at radius 2 is 1.94 bits per heavy atom. The summed E-state index contributed by atoms with van der Waals surface area (Å²) in [5.41, 5.74) is 2.99. The van der Waals surface area contributed by atoms with Gasteiger partial charge in [0.05, 0.1) is 0 Å². The van der Waals surface area contributed by atoms with E-state index in [4.69, 9.17) is 4.74 Å². The number of carbonyl (C=O) groups is 2. The topological polar surface area (TPSA) is 58.6 Å². The van der Waals surface area contributed by atoms with Gasteiger partial charge in [-0.25, -0.2) is 9.18 Å². The van der Waals surface area contributed by atoms with Gasteiger partial charge in [-0.1, -0.05) is 42.0 Å². The third kappa shape index (κ3) is 7.55. The number of ether oxygens (including phenoxy) is 1. The van der Waals surface area contributed by atoms with Crippen LogP contribution in [0.1, 0.15) is 70.4 Å². The average molecular weight is 483 g/mol. The van der Waals surface area contributed by atoms with Crippen molar-refractivity contribution in [3.63, 3.8) is 0 Å². The van der Waals surface area contributed by atoms with Crippen LogP contribution >= 0.6 is 0 Å². The molecule has 0 saturated carbocycles. The molecule has 1 aliphatic heterocycles. The van der Waals surface area contributed by atoms with Crippen LogP contribution in [0.15, 0.2) is 42.5 Å². The molecule has 2 aromatic carbocycles. The molecule has 2 aromatic rings. The number of hydrogen-bond donors (Lipinski definition) is 1. The van der Waals surface area contributed by atoms with Gasteiger partial charge in [0.1, 0.15) is 11.4 Å². The molecule has 1 saturated heterocycles. The third-order valence-electron chi connectivity index (χ3n) is 6.50. The number of halogens is 1. The van der Waals surface area contributed by atoms with E-state index in [-0.39, 0.29) is 29.7 Å². The smallest absolute Gasteiger partial charge is 0.410 e. The van der Waals surface area contributed by atoms with E-state index in [2.05, 4.69) is 5.32 Å². The van der Waals surface area contributed by atoms with Crippen molar-refractivity contribution in [1.29, 1.82) is 0 Å². The first-order valence-corrected chi connectivity index (χ1v) is 12.6. The Labute approximate surface area is 209 Å². The minimum Gasteiger partial charge on any atom is -0.444 e. The van der Waals surface area contributed by atoms with E-state index in [1.807, 2.05) is 58.0 Å². The summed E-state index contributed by atoms with van der Waals surface area (Å²) in [6.45, 7) is 11.0. The molecule has 0 spiro atoms. The monoisotopic (exact) mass is 482 g/mol.